The first kappa shape index (κ1) is 15.5. The van der Waals surface area contributed by atoms with Gasteiger partial charge in [0.25, 0.3) is 0 Å². The molecule has 1 aromatic carbocycles. The molecule has 1 aromatic heterocycles. The van der Waals surface area contributed by atoms with Gasteiger partial charge in [0.1, 0.15) is 0 Å². The van der Waals surface area contributed by atoms with E-state index in [4.69, 9.17) is 0 Å². The third-order valence-electron chi connectivity index (χ3n) is 2.71. The number of ketones is 1. The smallest absolute Gasteiger partial charge is 0.186 e. The zero-order chi connectivity index (χ0) is 14.5. The lowest BCUT2D eigenvalue weighted by Crippen LogP contribution is -2.05. The highest BCUT2D eigenvalue weighted by Gasteiger charge is 2.20. The van der Waals surface area contributed by atoms with Crippen molar-refractivity contribution in [2.75, 3.05) is 0 Å². The fourth-order valence-electron chi connectivity index (χ4n) is 1.80. The van der Waals surface area contributed by atoms with Gasteiger partial charge in [-0.3, -0.25) is 9.59 Å². The average Bonchev–Trinajstić information content (AvgIpc) is 2.92. The monoisotopic (exact) mass is 368 g/mol. The van der Waals surface area contributed by atoms with Gasteiger partial charge in [-0.15, -0.1) is 11.3 Å². The van der Waals surface area contributed by atoms with E-state index < -0.39 is 0 Å². The molecule has 0 saturated heterocycles. The average molecular weight is 369 g/mol. The van der Waals surface area contributed by atoms with Gasteiger partial charge in [0.2, 0.25) is 0 Å². The molecule has 20 heavy (non-hydrogen) atoms. The molecule has 0 aliphatic rings. The summed E-state index contributed by atoms with van der Waals surface area (Å²) in [6.45, 7) is 1.54. The highest BCUT2D eigenvalue weighted by molar-refractivity contribution is 9.10. The van der Waals surface area contributed by atoms with Crippen molar-refractivity contribution in [3.05, 3.63) is 56.7 Å². The normalized spacial score (nSPS) is 12.1. The molecule has 2 nitrogen and oxygen atoms in total. The van der Waals surface area contributed by atoms with Crippen LogP contribution in [0.4, 0.5) is 0 Å². The molecule has 0 aliphatic carbocycles. The van der Waals surface area contributed by atoms with Crippen LogP contribution in [-0.4, -0.2) is 10.9 Å². The summed E-state index contributed by atoms with van der Waals surface area (Å²) in [4.78, 5) is 24.7. The zero-order valence-electron chi connectivity index (χ0n) is 10.8. The van der Waals surface area contributed by atoms with Crippen LogP contribution in [0.15, 0.2) is 46.3 Å². The lowest BCUT2D eigenvalue weighted by atomic mass is 10.1. The van der Waals surface area contributed by atoms with Crippen LogP contribution in [0.2, 0.25) is 0 Å². The number of thioether (sulfide) groups is 1. The molecular weight excluding hydrogens is 356 g/mol. The number of hydrogen-bond donors (Lipinski definition) is 0. The van der Waals surface area contributed by atoms with E-state index in [0.717, 1.165) is 9.35 Å². The molecule has 0 spiro atoms. The Labute approximate surface area is 134 Å². The van der Waals surface area contributed by atoms with E-state index in [9.17, 15) is 9.59 Å². The molecule has 5 heteroatoms. The Kier molecular flexibility index (Phi) is 5.57. The van der Waals surface area contributed by atoms with E-state index in [-0.39, 0.29) is 16.1 Å². The molecule has 1 atom stereocenters. The molecule has 0 fully saturated rings. The molecule has 0 saturated carbocycles. The molecule has 2 aromatic rings. The molecule has 104 valence electrons. The van der Waals surface area contributed by atoms with Crippen molar-refractivity contribution in [1.82, 2.24) is 0 Å². The van der Waals surface area contributed by atoms with Crippen LogP contribution in [0, 0.1) is 0 Å². The molecule has 1 unspecified atom stereocenters. The lowest BCUT2D eigenvalue weighted by Gasteiger charge is -2.12. The summed E-state index contributed by atoms with van der Waals surface area (Å²) in [7, 11) is 0. The van der Waals surface area contributed by atoms with E-state index >= 15 is 0 Å². The standard InChI is InChI=1S/C15H13BrO2S2/c1-10(17)20-15(14-3-2-8-19-14)9-13(18)11-4-6-12(16)7-5-11/h2-8,15H,9H2,1H3. The van der Waals surface area contributed by atoms with Gasteiger partial charge in [0.05, 0.1) is 5.25 Å². The first-order valence-electron chi connectivity index (χ1n) is 6.05. The fraction of sp³-hybridized carbons (Fsp3) is 0.200. The quantitative estimate of drug-likeness (QED) is 0.688. The molecule has 1 heterocycles. The van der Waals surface area contributed by atoms with Crippen molar-refractivity contribution in [3.8, 4) is 0 Å². The molecule has 0 N–H and O–H groups in total. The number of rotatable bonds is 5. The molecular formula is C15H13BrO2S2. The Morgan fingerprint density at radius 3 is 2.50 bits per heavy atom. The van der Waals surface area contributed by atoms with Crippen LogP contribution in [0.1, 0.15) is 33.8 Å². The summed E-state index contributed by atoms with van der Waals surface area (Å²) in [5.74, 6) is 0.0599. The van der Waals surface area contributed by atoms with Gasteiger partial charge in [-0.1, -0.05) is 45.9 Å². The third kappa shape index (κ3) is 4.30. The Balaban J connectivity index is 2.13. The van der Waals surface area contributed by atoms with E-state index in [0.29, 0.717) is 12.0 Å². The second-order valence-electron chi connectivity index (χ2n) is 4.25. The maximum atomic E-state index is 12.3. The van der Waals surface area contributed by atoms with Crippen LogP contribution < -0.4 is 0 Å². The molecule has 2 rings (SSSR count). The number of thiophene rings is 1. The summed E-state index contributed by atoms with van der Waals surface area (Å²) in [6, 6.07) is 11.2. The largest absolute Gasteiger partial charge is 0.294 e. The van der Waals surface area contributed by atoms with Gasteiger partial charge in [-0.25, -0.2) is 0 Å². The second-order valence-corrected chi connectivity index (χ2v) is 7.52. The SMILES string of the molecule is CC(=O)SC(CC(=O)c1ccc(Br)cc1)c1cccs1. The Bertz CT molecular complexity index is 591. The topological polar surface area (TPSA) is 34.1 Å². The number of halogens is 1. The highest BCUT2D eigenvalue weighted by atomic mass is 79.9. The van der Waals surface area contributed by atoms with Crippen LogP contribution >= 0.6 is 39.0 Å². The van der Waals surface area contributed by atoms with Gasteiger partial charge in [-0.05, 0) is 23.6 Å². The number of benzene rings is 1. The zero-order valence-corrected chi connectivity index (χ0v) is 14.1. The Morgan fingerprint density at radius 1 is 1.25 bits per heavy atom. The maximum absolute atomic E-state index is 12.3. The number of carbonyl (C=O) groups is 2. The van der Waals surface area contributed by atoms with E-state index in [2.05, 4.69) is 15.9 Å². The predicted molar refractivity (Wildman–Crippen MR) is 88.4 cm³/mol. The van der Waals surface area contributed by atoms with Crippen molar-refractivity contribution >= 4 is 49.9 Å². The van der Waals surface area contributed by atoms with Crippen LogP contribution in [0.5, 0.6) is 0 Å². The van der Waals surface area contributed by atoms with Gasteiger partial charge >= 0.3 is 0 Å². The van der Waals surface area contributed by atoms with Gasteiger partial charge < -0.3 is 0 Å². The van der Waals surface area contributed by atoms with Crippen molar-refractivity contribution in [2.24, 2.45) is 0 Å². The van der Waals surface area contributed by atoms with Crippen LogP contribution in [0.3, 0.4) is 0 Å². The van der Waals surface area contributed by atoms with E-state index in [1.54, 1.807) is 23.5 Å². The first-order chi connectivity index (χ1) is 9.56. The summed E-state index contributed by atoms with van der Waals surface area (Å²) in [6.07, 6.45) is 0.340. The van der Waals surface area contributed by atoms with Crippen LogP contribution in [0.25, 0.3) is 0 Å². The van der Waals surface area contributed by atoms with Crippen molar-refractivity contribution in [2.45, 2.75) is 18.6 Å². The molecule has 0 radical (unpaired) electrons. The minimum absolute atomic E-state index is 0.0343. The number of carbonyl (C=O) groups excluding carboxylic acids is 2. The van der Waals surface area contributed by atoms with Crippen LogP contribution in [-0.2, 0) is 4.79 Å². The predicted octanol–water partition coefficient (Wildman–Crippen LogP) is 5.10. The summed E-state index contributed by atoms with van der Waals surface area (Å²) >= 11 is 6.16. The highest BCUT2D eigenvalue weighted by Crippen LogP contribution is 2.36. The third-order valence-corrected chi connectivity index (χ3v) is 5.41. The van der Waals surface area contributed by atoms with Crippen molar-refractivity contribution < 1.29 is 9.59 Å². The summed E-state index contributed by atoms with van der Waals surface area (Å²) in [5, 5.41) is 1.91. The number of hydrogen-bond acceptors (Lipinski definition) is 4. The van der Waals surface area contributed by atoms with E-state index in [1.165, 1.54) is 18.7 Å². The minimum Gasteiger partial charge on any atom is -0.294 e. The molecule has 0 amide bonds. The second kappa shape index (κ2) is 7.20. The van der Waals surface area contributed by atoms with Gasteiger partial charge in [0.15, 0.2) is 10.9 Å². The van der Waals surface area contributed by atoms with Gasteiger partial charge in [-0.2, -0.15) is 0 Å². The van der Waals surface area contributed by atoms with E-state index in [1.807, 2.05) is 29.6 Å². The summed E-state index contributed by atoms with van der Waals surface area (Å²) in [5.41, 5.74) is 0.680. The maximum Gasteiger partial charge on any atom is 0.186 e. The Morgan fingerprint density at radius 2 is 1.95 bits per heavy atom. The number of Topliss-reactive ketones (excluding diaryl/α,β-unsaturated/α-hetero) is 1. The minimum atomic E-state index is -0.0938. The van der Waals surface area contributed by atoms with Crippen molar-refractivity contribution in [1.29, 1.82) is 0 Å². The lowest BCUT2D eigenvalue weighted by molar-refractivity contribution is -0.109. The Hall–Kier alpha value is -0.910. The van der Waals surface area contributed by atoms with Crippen molar-refractivity contribution in [3.63, 3.8) is 0 Å². The summed E-state index contributed by atoms with van der Waals surface area (Å²) < 4.78 is 0.946. The molecule has 0 aliphatic heterocycles. The molecule has 0 bridgehead atoms. The van der Waals surface area contributed by atoms with Gasteiger partial charge in [0, 0.05) is 28.3 Å². The fourth-order valence-corrected chi connectivity index (χ4v) is 3.91. The first-order valence-corrected chi connectivity index (χ1v) is 8.61.